The summed E-state index contributed by atoms with van der Waals surface area (Å²) in [5.74, 6) is -0.0469. The average Bonchev–Trinajstić information content (AvgIpc) is 2.62. The number of nitrogens with one attached hydrogen (secondary N) is 1. The maximum atomic E-state index is 10.9. The molecule has 1 aliphatic heterocycles. The van der Waals surface area contributed by atoms with Crippen LogP contribution < -0.4 is 11.1 Å². The molecule has 0 bridgehead atoms. The van der Waals surface area contributed by atoms with Crippen LogP contribution in [-0.4, -0.2) is 18.0 Å². The molecular weight excluding hydrogens is 152 g/mol. The Morgan fingerprint density at radius 2 is 2.08 bits per heavy atom. The van der Waals surface area contributed by atoms with Gasteiger partial charge in [-0.25, -0.2) is 0 Å². The molecule has 2 rings (SSSR count). The van der Waals surface area contributed by atoms with Gasteiger partial charge in [0.1, 0.15) is 0 Å². The molecule has 1 aliphatic carbocycles. The summed E-state index contributed by atoms with van der Waals surface area (Å²) < 4.78 is 0. The standard InChI is InChI=1S/C9H16N2O/c10-8(12)7-5-9(11-6-7)3-1-2-4-9/h7,11H,1-6H2,(H2,10,12). The molecule has 0 aromatic carbocycles. The summed E-state index contributed by atoms with van der Waals surface area (Å²) in [4.78, 5) is 10.9. The molecule has 0 radical (unpaired) electrons. The van der Waals surface area contributed by atoms with Crippen molar-refractivity contribution in [3.05, 3.63) is 0 Å². The van der Waals surface area contributed by atoms with E-state index < -0.39 is 0 Å². The van der Waals surface area contributed by atoms with Gasteiger partial charge < -0.3 is 11.1 Å². The third-order valence-corrected chi connectivity index (χ3v) is 3.32. The fraction of sp³-hybridized carbons (Fsp3) is 0.889. The summed E-state index contributed by atoms with van der Waals surface area (Å²) in [6.45, 7) is 0.801. The van der Waals surface area contributed by atoms with Crippen molar-refractivity contribution >= 4 is 5.91 Å². The van der Waals surface area contributed by atoms with Gasteiger partial charge in [0.25, 0.3) is 0 Å². The van der Waals surface area contributed by atoms with Crippen molar-refractivity contribution < 1.29 is 4.79 Å². The molecular formula is C9H16N2O. The van der Waals surface area contributed by atoms with E-state index in [0.717, 1.165) is 13.0 Å². The van der Waals surface area contributed by atoms with Crippen molar-refractivity contribution in [2.24, 2.45) is 11.7 Å². The largest absolute Gasteiger partial charge is 0.369 e. The van der Waals surface area contributed by atoms with Gasteiger partial charge in [0.05, 0.1) is 5.92 Å². The van der Waals surface area contributed by atoms with Crippen LogP contribution in [0.4, 0.5) is 0 Å². The fourth-order valence-electron chi connectivity index (χ4n) is 2.59. The smallest absolute Gasteiger partial charge is 0.221 e. The molecule has 2 aliphatic rings. The van der Waals surface area contributed by atoms with Crippen molar-refractivity contribution in [2.45, 2.75) is 37.6 Å². The van der Waals surface area contributed by atoms with Crippen LogP contribution in [0.15, 0.2) is 0 Å². The second-order valence-corrected chi connectivity index (χ2v) is 4.17. The quantitative estimate of drug-likeness (QED) is 0.595. The Morgan fingerprint density at radius 1 is 1.42 bits per heavy atom. The van der Waals surface area contributed by atoms with Crippen LogP contribution in [0.5, 0.6) is 0 Å². The SMILES string of the molecule is NC(=O)C1CNC2(CCCC2)C1. The van der Waals surface area contributed by atoms with Gasteiger partial charge in [-0.05, 0) is 19.3 Å². The molecule has 1 spiro atoms. The van der Waals surface area contributed by atoms with Crippen molar-refractivity contribution in [3.8, 4) is 0 Å². The summed E-state index contributed by atoms with van der Waals surface area (Å²) in [5.41, 5.74) is 5.56. The van der Waals surface area contributed by atoms with Gasteiger partial charge in [-0.2, -0.15) is 0 Å². The molecule has 0 aromatic rings. The molecule has 1 saturated heterocycles. The molecule has 0 aromatic heterocycles. The number of carbonyl (C=O) groups is 1. The first-order chi connectivity index (χ1) is 5.72. The Hall–Kier alpha value is -0.570. The second kappa shape index (κ2) is 2.73. The highest BCUT2D eigenvalue weighted by molar-refractivity contribution is 5.77. The highest BCUT2D eigenvalue weighted by Crippen LogP contribution is 2.38. The molecule has 68 valence electrons. The molecule has 3 heteroatoms. The van der Waals surface area contributed by atoms with Gasteiger partial charge in [0, 0.05) is 12.1 Å². The Balaban J connectivity index is 2.01. The Labute approximate surface area is 72.7 Å². The maximum absolute atomic E-state index is 10.9. The van der Waals surface area contributed by atoms with Crippen LogP contribution in [0.25, 0.3) is 0 Å². The lowest BCUT2D eigenvalue weighted by molar-refractivity contribution is -0.121. The first-order valence-corrected chi connectivity index (χ1v) is 4.76. The van der Waals surface area contributed by atoms with E-state index in [1.54, 1.807) is 0 Å². The van der Waals surface area contributed by atoms with E-state index >= 15 is 0 Å². The minimum absolute atomic E-state index is 0.0862. The van der Waals surface area contributed by atoms with Gasteiger partial charge in [-0.3, -0.25) is 4.79 Å². The van der Waals surface area contributed by atoms with Gasteiger partial charge >= 0.3 is 0 Å². The second-order valence-electron chi connectivity index (χ2n) is 4.17. The van der Waals surface area contributed by atoms with Crippen molar-refractivity contribution in [3.63, 3.8) is 0 Å². The summed E-state index contributed by atoms with van der Waals surface area (Å²) in [7, 11) is 0. The van der Waals surface area contributed by atoms with Crippen LogP contribution >= 0.6 is 0 Å². The first-order valence-electron chi connectivity index (χ1n) is 4.76. The van der Waals surface area contributed by atoms with E-state index in [1.165, 1.54) is 25.7 Å². The van der Waals surface area contributed by atoms with Gasteiger partial charge in [-0.15, -0.1) is 0 Å². The summed E-state index contributed by atoms with van der Waals surface area (Å²) in [5, 5.41) is 3.46. The topological polar surface area (TPSA) is 55.1 Å². The van der Waals surface area contributed by atoms with Gasteiger partial charge in [0.2, 0.25) is 5.91 Å². The van der Waals surface area contributed by atoms with E-state index in [1.807, 2.05) is 0 Å². The Bertz CT molecular complexity index is 197. The molecule has 3 N–H and O–H groups in total. The molecule has 1 unspecified atom stereocenters. The fourth-order valence-corrected chi connectivity index (χ4v) is 2.59. The van der Waals surface area contributed by atoms with Gasteiger partial charge in [-0.1, -0.05) is 12.8 Å². The number of primary amides is 1. The number of amides is 1. The maximum Gasteiger partial charge on any atom is 0.221 e. The Morgan fingerprint density at radius 3 is 2.58 bits per heavy atom. The number of carbonyl (C=O) groups excluding carboxylic acids is 1. The predicted octanol–water partition coefficient (Wildman–Crippen LogP) is 0.394. The van der Waals surface area contributed by atoms with Crippen LogP contribution in [0, 0.1) is 5.92 Å². The van der Waals surface area contributed by atoms with Crippen LogP contribution in [0.1, 0.15) is 32.1 Å². The van der Waals surface area contributed by atoms with Crippen LogP contribution in [0.2, 0.25) is 0 Å². The summed E-state index contributed by atoms with van der Waals surface area (Å²) >= 11 is 0. The van der Waals surface area contributed by atoms with E-state index in [-0.39, 0.29) is 11.8 Å². The van der Waals surface area contributed by atoms with Crippen molar-refractivity contribution in [2.75, 3.05) is 6.54 Å². The molecule has 3 nitrogen and oxygen atoms in total. The lowest BCUT2D eigenvalue weighted by Crippen LogP contribution is -2.35. The lowest BCUT2D eigenvalue weighted by atomic mass is 9.91. The number of rotatable bonds is 1. The number of hydrogen-bond donors (Lipinski definition) is 2. The summed E-state index contributed by atoms with van der Waals surface area (Å²) in [6.07, 6.45) is 6.05. The molecule has 1 heterocycles. The van der Waals surface area contributed by atoms with Crippen LogP contribution in [0.3, 0.4) is 0 Å². The highest BCUT2D eigenvalue weighted by atomic mass is 16.1. The van der Waals surface area contributed by atoms with E-state index in [9.17, 15) is 4.79 Å². The molecule has 1 amide bonds. The summed E-state index contributed by atoms with van der Waals surface area (Å²) in [6, 6.07) is 0. The zero-order chi connectivity index (χ0) is 8.60. The monoisotopic (exact) mass is 168 g/mol. The molecule has 1 atom stereocenters. The van der Waals surface area contributed by atoms with Crippen LogP contribution in [-0.2, 0) is 4.79 Å². The first kappa shape index (κ1) is 8.05. The normalized spacial score (nSPS) is 32.8. The van der Waals surface area contributed by atoms with E-state index in [4.69, 9.17) is 5.73 Å². The van der Waals surface area contributed by atoms with Crippen molar-refractivity contribution in [1.82, 2.24) is 5.32 Å². The van der Waals surface area contributed by atoms with Gasteiger partial charge in [0.15, 0.2) is 0 Å². The third kappa shape index (κ3) is 1.22. The molecule has 2 fully saturated rings. The lowest BCUT2D eigenvalue weighted by Gasteiger charge is -2.22. The molecule has 1 saturated carbocycles. The molecule has 12 heavy (non-hydrogen) atoms. The predicted molar refractivity (Wildman–Crippen MR) is 46.5 cm³/mol. The highest BCUT2D eigenvalue weighted by Gasteiger charge is 2.42. The van der Waals surface area contributed by atoms with Crippen molar-refractivity contribution in [1.29, 1.82) is 0 Å². The number of hydrogen-bond acceptors (Lipinski definition) is 2. The average molecular weight is 168 g/mol. The van der Waals surface area contributed by atoms with E-state index in [0.29, 0.717) is 5.54 Å². The zero-order valence-electron chi connectivity index (χ0n) is 7.31. The minimum atomic E-state index is -0.133. The zero-order valence-corrected chi connectivity index (χ0v) is 7.31. The van der Waals surface area contributed by atoms with E-state index in [2.05, 4.69) is 5.32 Å². The Kier molecular flexibility index (Phi) is 1.83. The minimum Gasteiger partial charge on any atom is -0.369 e. The number of nitrogens with two attached hydrogens (primary N) is 1. The third-order valence-electron chi connectivity index (χ3n) is 3.32.